The van der Waals surface area contributed by atoms with E-state index in [4.69, 9.17) is 4.52 Å². The van der Waals surface area contributed by atoms with Gasteiger partial charge in [0.25, 0.3) is 11.3 Å². The summed E-state index contributed by atoms with van der Waals surface area (Å²) in [5.74, 6) is 0. The van der Waals surface area contributed by atoms with Crippen LogP contribution in [0, 0.1) is 6.92 Å². The summed E-state index contributed by atoms with van der Waals surface area (Å²) in [4.78, 5) is 21.8. The number of piperazine rings is 1. The first kappa shape index (κ1) is 29.1. The molecule has 0 unspecified atom stereocenters. The molecule has 0 spiro atoms. The normalized spacial score (nSPS) is 14.9. The Balaban J connectivity index is 0.000000659. The molecule has 1 saturated carbocycles. The van der Waals surface area contributed by atoms with Crippen molar-refractivity contribution in [3.05, 3.63) is 65.6 Å². The second-order valence-corrected chi connectivity index (χ2v) is 7.27. The molecule has 0 radical (unpaired) electrons. The molecular formula is C27H43N5O2. The van der Waals surface area contributed by atoms with E-state index in [9.17, 15) is 4.79 Å². The summed E-state index contributed by atoms with van der Waals surface area (Å²) >= 11 is 0. The molecule has 2 aromatic heterocycles. The molecular weight excluding hydrogens is 426 g/mol. The zero-order chi connectivity index (χ0) is 25.7. The van der Waals surface area contributed by atoms with Crippen molar-refractivity contribution < 1.29 is 4.52 Å². The molecule has 0 amide bonds. The van der Waals surface area contributed by atoms with Crippen LogP contribution in [0.15, 0.2) is 59.0 Å². The fraction of sp³-hybridized carbons (Fsp3) is 0.481. The molecule has 1 aromatic carbocycles. The topological polar surface area (TPSA) is 80.5 Å². The molecule has 1 aliphatic carbocycles. The number of nitrogens with zero attached hydrogens (tertiary/aromatic N) is 4. The highest BCUT2D eigenvalue weighted by Gasteiger charge is 2.31. The minimum atomic E-state index is -0.156. The molecule has 7 heteroatoms. The first-order valence-electron chi connectivity index (χ1n) is 12.4. The smallest absolute Gasteiger partial charge is 0.297 e. The van der Waals surface area contributed by atoms with Crippen molar-refractivity contribution in [2.24, 2.45) is 5.73 Å². The number of benzene rings is 1. The maximum atomic E-state index is 12.7. The summed E-state index contributed by atoms with van der Waals surface area (Å²) in [6.45, 7) is 20.3. The lowest BCUT2D eigenvalue weighted by Crippen LogP contribution is -2.47. The first-order chi connectivity index (χ1) is 16.7. The molecule has 1 saturated heterocycles. The van der Waals surface area contributed by atoms with Crippen LogP contribution < -0.4 is 16.2 Å². The van der Waals surface area contributed by atoms with Crippen molar-refractivity contribution in [3.8, 4) is 5.69 Å². The fourth-order valence-electron chi connectivity index (χ4n) is 3.85. The highest BCUT2D eigenvalue weighted by Crippen LogP contribution is 2.28. The molecule has 3 heterocycles. The lowest BCUT2D eigenvalue weighted by molar-refractivity contribution is 0.248. The number of aryl methyl sites for hydroxylation is 1. The molecule has 188 valence electrons. The Labute approximate surface area is 204 Å². The van der Waals surface area contributed by atoms with Crippen molar-refractivity contribution in [2.45, 2.75) is 53.5 Å². The van der Waals surface area contributed by atoms with Crippen LogP contribution in [0.5, 0.6) is 0 Å². The number of hydrogen-bond donors (Lipinski definition) is 1. The molecule has 2 aliphatic rings. The quantitative estimate of drug-likeness (QED) is 0.544. The average molecular weight is 470 g/mol. The van der Waals surface area contributed by atoms with Crippen molar-refractivity contribution in [2.75, 3.05) is 38.1 Å². The first-order valence-corrected chi connectivity index (χ1v) is 12.4. The van der Waals surface area contributed by atoms with E-state index >= 15 is 0 Å². The van der Waals surface area contributed by atoms with E-state index in [2.05, 4.69) is 45.8 Å². The standard InChI is InChI=1S/C20H22N4O2.2C2H6.C2H4.CH5N/c1-14-8-9-21-19-18(14)20(25)24(26-19)17-6-4-16(5-7-17)23-12-10-22(11-13-23)15-2-3-15;4*1-2/h4-9,15H,2-3,10-13H2,1H3;2*1-2H3;1-2H2;2H2,1H3. The van der Waals surface area contributed by atoms with E-state index in [1.165, 1.54) is 30.3 Å². The van der Waals surface area contributed by atoms with Gasteiger partial charge in [0.15, 0.2) is 0 Å². The van der Waals surface area contributed by atoms with Gasteiger partial charge in [0.2, 0.25) is 0 Å². The Kier molecular flexibility index (Phi) is 12.9. The van der Waals surface area contributed by atoms with Crippen LogP contribution in [0.25, 0.3) is 16.8 Å². The molecule has 0 atom stereocenters. The van der Waals surface area contributed by atoms with Crippen molar-refractivity contribution in [1.82, 2.24) is 14.6 Å². The van der Waals surface area contributed by atoms with E-state index in [0.29, 0.717) is 11.1 Å². The molecule has 7 nitrogen and oxygen atoms in total. The van der Waals surface area contributed by atoms with Crippen molar-refractivity contribution in [3.63, 3.8) is 0 Å². The van der Waals surface area contributed by atoms with Gasteiger partial charge in [-0.15, -0.1) is 17.9 Å². The second-order valence-electron chi connectivity index (χ2n) is 7.27. The van der Waals surface area contributed by atoms with E-state index in [1.54, 1.807) is 6.20 Å². The Bertz CT molecular complexity index is 1010. The van der Waals surface area contributed by atoms with Gasteiger partial charge in [0, 0.05) is 44.1 Å². The molecule has 1 aliphatic heterocycles. The molecule has 2 fully saturated rings. The minimum Gasteiger partial charge on any atom is -0.369 e. The predicted octanol–water partition coefficient (Wildman–Crippen LogP) is 5.00. The molecule has 3 aromatic rings. The van der Waals surface area contributed by atoms with Crippen LogP contribution in [-0.2, 0) is 0 Å². The highest BCUT2D eigenvalue weighted by molar-refractivity contribution is 5.76. The molecule has 5 rings (SSSR count). The van der Waals surface area contributed by atoms with Gasteiger partial charge in [-0.3, -0.25) is 9.69 Å². The maximum absolute atomic E-state index is 12.7. The van der Waals surface area contributed by atoms with Crippen LogP contribution >= 0.6 is 0 Å². The summed E-state index contributed by atoms with van der Waals surface area (Å²) in [6, 6.07) is 10.7. The van der Waals surface area contributed by atoms with Crippen molar-refractivity contribution >= 4 is 16.8 Å². The number of aromatic nitrogens is 2. The average Bonchev–Trinajstić information content (AvgIpc) is 3.72. The highest BCUT2D eigenvalue weighted by atomic mass is 16.5. The maximum Gasteiger partial charge on any atom is 0.297 e. The summed E-state index contributed by atoms with van der Waals surface area (Å²) < 4.78 is 7.00. The largest absolute Gasteiger partial charge is 0.369 e. The number of rotatable bonds is 3. The van der Waals surface area contributed by atoms with Gasteiger partial charge in [-0.25, -0.2) is 4.98 Å². The van der Waals surface area contributed by atoms with Crippen LogP contribution in [0.3, 0.4) is 0 Å². The Hall–Kier alpha value is -2.90. The van der Waals surface area contributed by atoms with Gasteiger partial charge in [0.1, 0.15) is 5.39 Å². The second kappa shape index (κ2) is 15.1. The third-order valence-electron chi connectivity index (χ3n) is 5.53. The Morgan fingerprint density at radius 1 is 0.912 bits per heavy atom. The van der Waals surface area contributed by atoms with E-state index in [1.807, 2.05) is 52.8 Å². The van der Waals surface area contributed by atoms with Gasteiger partial charge in [0.05, 0.1) is 5.69 Å². The zero-order valence-electron chi connectivity index (χ0n) is 21.9. The van der Waals surface area contributed by atoms with E-state index in [-0.39, 0.29) is 5.56 Å². The summed E-state index contributed by atoms with van der Waals surface area (Å²) in [7, 11) is 1.50. The number of nitrogens with two attached hydrogens (primary N) is 1. The third-order valence-corrected chi connectivity index (χ3v) is 5.53. The summed E-state index contributed by atoms with van der Waals surface area (Å²) in [5.41, 5.74) is 7.54. The van der Waals surface area contributed by atoms with Gasteiger partial charge >= 0.3 is 0 Å². The van der Waals surface area contributed by atoms with E-state index in [0.717, 1.165) is 43.5 Å². The third kappa shape index (κ3) is 6.81. The lowest BCUT2D eigenvalue weighted by atomic mass is 10.2. The Morgan fingerprint density at radius 3 is 1.94 bits per heavy atom. The van der Waals surface area contributed by atoms with Crippen LogP contribution in [-0.4, -0.2) is 53.9 Å². The van der Waals surface area contributed by atoms with Gasteiger partial charge in [-0.2, -0.15) is 0 Å². The van der Waals surface area contributed by atoms with E-state index < -0.39 is 0 Å². The van der Waals surface area contributed by atoms with Crippen LogP contribution in [0.2, 0.25) is 0 Å². The van der Waals surface area contributed by atoms with Gasteiger partial charge in [-0.1, -0.05) is 27.7 Å². The number of anilines is 1. The van der Waals surface area contributed by atoms with Gasteiger partial charge in [-0.05, 0) is 62.7 Å². The van der Waals surface area contributed by atoms with Gasteiger partial charge < -0.3 is 15.2 Å². The van der Waals surface area contributed by atoms with Crippen molar-refractivity contribution in [1.29, 1.82) is 0 Å². The summed E-state index contributed by atoms with van der Waals surface area (Å²) in [5, 5.41) is 0.549. The Morgan fingerprint density at radius 2 is 1.44 bits per heavy atom. The molecule has 2 N–H and O–H groups in total. The molecule has 0 bridgehead atoms. The number of hydrogen-bond acceptors (Lipinski definition) is 6. The fourth-order valence-corrected chi connectivity index (χ4v) is 3.85. The summed E-state index contributed by atoms with van der Waals surface area (Å²) in [6.07, 6.45) is 4.40. The minimum absolute atomic E-state index is 0.156. The molecule has 34 heavy (non-hydrogen) atoms. The lowest BCUT2D eigenvalue weighted by Gasteiger charge is -2.36. The number of fused-ring (bicyclic) bond motifs is 1. The van der Waals surface area contributed by atoms with Crippen LogP contribution in [0.4, 0.5) is 5.69 Å². The number of pyridine rings is 1. The monoisotopic (exact) mass is 469 g/mol. The van der Waals surface area contributed by atoms with Crippen LogP contribution in [0.1, 0.15) is 46.1 Å². The zero-order valence-corrected chi connectivity index (χ0v) is 21.9. The SMILES string of the molecule is C=C.CC.CC.CN.Cc1ccnc2on(-c3ccc(N4CCN(C5CC5)CC4)cc3)c(=O)c12. The predicted molar refractivity (Wildman–Crippen MR) is 145 cm³/mol.